The van der Waals surface area contributed by atoms with Crippen molar-refractivity contribution < 1.29 is 24.0 Å². The monoisotopic (exact) mass is 596 g/mol. The van der Waals surface area contributed by atoms with Crippen molar-refractivity contribution in [2.45, 2.75) is 44.6 Å². The molecular formula is C30H40N6O5S. The SMILES string of the molecule is C=C(CNC(=O)CS)NCC(=O)NCC(=O)NCCCCCCNC(=O)C1CCn2c(C(=O)c3ccccc3)ccc21. The van der Waals surface area contributed by atoms with Gasteiger partial charge in [0.1, 0.15) is 0 Å². The summed E-state index contributed by atoms with van der Waals surface area (Å²) in [6, 6.07) is 12.8. The molecule has 0 saturated heterocycles. The average Bonchev–Trinajstić information content (AvgIpc) is 3.61. The third-order valence-electron chi connectivity index (χ3n) is 6.91. The zero-order valence-electron chi connectivity index (χ0n) is 23.7. The van der Waals surface area contributed by atoms with Crippen LogP contribution in [0.1, 0.15) is 59.8 Å². The van der Waals surface area contributed by atoms with Gasteiger partial charge in [0, 0.05) is 36.6 Å². The van der Waals surface area contributed by atoms with E-state index in [-0.39, 0.29) is 60.7 Å². The second kappa shape index (κ2) is 17.0. The minimum Gasteiger partial charge on any atom is -0.379 e. The molecule has 1 atom stereocenters. The summed E-state index contributed by atoms with van der Waals surface area (Å²) >= 11 is 3.85. The third-order valence-corrected chi connectivity index (χ3v) is 7.20. The van der Waals surface area contributed by atoms with E-state index >= 15 is 0 Å². The molecule has 2 aromatic rings. The highest BCUT2D eigenvalue weighted by atomic mass is 32.1. The Bertz CT molecular complexity index is 1260. The Kier molecular flexibility index (Phi) is 13.2. The molecule has 1 aliphatic rings. The first-order valence-corrected chi connectivity index (χ1v) is 14.8. The van der Waals surface area contributed by atoms with Gasteiger partial charge in [-0.3, -0.25) is 24.0 Å². The number of hydrogen-bond donors (Lipinski definition) is 6. The quantitative estimate of drug-likeness (QED) is 0.0867. The van der Waals surface area contributed by atoms with E-state index in [2.05, 4.69) is 45.8 Å². The first-order valence-electron chi connectivity index (χ1n) is 14.2. The first kappa shape index (κ1) is 32.5. The molecule has 4 amide bonds. The van der Waals surface area contributed by atoms with Gasteiger partial charge in [-0.15, -0.1) is 0 Å². The van der Waals surface area contributed by atoms with E-state index in [1.165, 1.54) is 0 Å². The maximum absolute atomic E-state index is 12.9. The molecule has 3 rings (SSSR count). The Balaban J connectivity index is 1.21. The van der Waals surface area contributed by atoms with E-state index in [1.807, 2.05) is 34.9 Å². The van der Waals surface area contributed by atoms with Crippen LogP contribution < -0.4 is 26.6 Å². The molecule has 1 unspecified atom stereocenters. The number of benzene rings is 1. The van der Waals surface area contributed by atoms with Crippen molar-refractivity contribution in [3.05, 3.63) is 71.7 Å². The van der Waals surface area contributed by atoms with Crippen molar-refractivity contribution in [2.75, 3.05) is 38.5 Å². The van der Waals surface area contributed by atoms with Crippen LogP contribution in [0.5, 0.6) is 0 Å². The van der Waals surface area contributed by atoms with Crippen LogP contribution in [0.25, 0.3) is 0 Å². The number of thiol groups is 1. The van der Waals surface area contributed by atoms with Gasteiger partial charge in [0.25, 0.3) is 0 Å². The van der Waals surface area contributed by atoms with Gasteiger partial charge >= 0.3 is 0 Å². The number of nitrogens with zero attached hydrogens (tertiary/aromatic N) is 1. The molecule has 1 aromatic heterocycles. The fraction of sp³-hybridized carbons (Fsp3) is 0.433. The molecule has 0 aliphatic carbocycles. The topological polar surface area (TPSA) is 150 Å². The summed E-state index contributed by atoms with van der Waals surface area (Å²) in [5.41, 5.74) is 2.62. The largest absolute Gasteiger partial charge is 0.379 e. The summed E-state index contributed by atoms with van der Waals surface area (Å²) in [5.74, 6) is -1.10. The number of rotatable bonds is 18. The number of aromatic nitrogens is 1. The fourth-order valence-electron chi connectivity index (χ4n) is 4.64. The highest BCUT2D eigenvalue weighted by molar-refractivity contribution is 7.81. The van der Waals surface area contributed by atoms with E-state index < -0.39 is 0 Å². The average molecular weight is 597 g/mol. The molecule has 12 heteroatoms. The van der Waals surface area contributed by atoms with Crippen molar-refractivity contribution in [2.24, 2.45) is 0 Å². The summed E-state index contributed by atoms with van der Waals surface area (Å²) in [6.07, 6.45) is 4.11. The van der Waals surface area contributed by atoms with Crippen LogP contribution in [0.4, 0.5) is 0 Å². The number of carbonyl (C=O) groups excluding carboxylic acids is 5. The van der Waals surface area contributed by atoms with Crippen molar-refractivity contribution in [1.82, 2.24) is 31.2 Å². The molecule has 226 valence electrons. The molecular weight excluding hydrogens is 556 g/mol. The molecule has 0 saturated carbocycles. The van der Waals surface area contributed by atoms with Crippen molar-refractivity contribution >= 4 is 42.0 Å². The van der Waals surface area contributed by atoms with Gasteiger partial charge in [0.15, 0.2) is 0 Å². The lowest BCUT2D eigenvalue weighted by Gasteiger charge is -2.11. The van der Waals surface area contributed by atoms with Crippen LogP contribution in [-0.2, 0) is 25.7 Å². The molecule has 2 heterocycles. The second-order valence-corrected chi connectivity index (χ2v) is 10.4. The summed E-state index contributed by atoms with van der Waals surface area (Å²) in [7, 11) is 0. The van der Waals surface area contributed by atoms with Gasteiger partial charge in [0.2, 0.25) is 29.4 Å². The van der Waals surface area contributed by atoms with Crippen LogP contribution in [0.3, 0.4) is 0 Å². The number of nitrogens with one attached hydrogen (secondary N) is 5. The maximum atomic E-state index is 12.9. The van der Waals surface area contributed by atoms with Crippen LogP contribution in [0, 0.1) is 0 Å². The van der Waals surface area contributed by atoms with Gasteiger partial charge in [-0.1, -0.05) is 49.8 Å². The Morgan fingerprint density at radius 3 is 2.12 bits per heavy atom. The van der Waals surface area contributed by atoms with Crippen molar-refractivity contribution in [1.29, 1.82) is 0 Å². The van der Waals surface area contributed by atoms with Gasteiger partial charge in [-0.05, 0) is 31.4 Å². The zero-order chi connectivity index (χ0) is 30.3. The Labute approximate surface area is 251 Å². The van der Waals surface area contributed by atoms with Gasteiger partial charge in [-0.2, -0.15) is 12.6 Å². The lowest BCUT2D eigenvalue weighted by Crippen LogP contribution is -2.41. The van der Waals surface area contributed by atoms with Crippen LogP contribution in [0.15, 0.2) is 54.7 Å². The molecule has 11 nitrogen and oxygen atoms in total. The molecule has 0 fully saturated rings. The predicted octanol–water partition coefficient (Wildman–Crippen LogP) is 1.26. The number of carbonyl (C=O) groups is 5. The van der Waals surface area contributed by atoms with Crippen LogP contribution in [0.2, 0.25) is 0 Å². The number of unbranched alkanes of at least 4 members (excludes halogenated alkanes) is 3. The predicted molar refractivity (Wildman–Crippen MR) is 163 cm³/mol. The van der Waals surface area contributed by atoms with E-state index in [4.69, 9.17) is 0 Å². The summed E-state index contributed by atoms with van der Waals surface area (Å²) in [4.78, 5) is 60.6. The molecule has 0 spiro atoms. The lowest BCUT2D eigenvalue weighted by molar-refractivity contribution is -0.125. The Morgan fingerprint density at radius 2 is 1.40 bits per heavy atom. The van der Waals surface area contributed by atoms with E-state index in [1.54, 1.807) is 12.1 Å². The van der Waals surface area contributed by atoms with E-state index in [9.17, 15) is 24.0 Å². The zero-order valence-corrected chi connectivity index (χ0v) is 24.6. The number of amides is 4. The van der Waals surface area contributed by atoms with Crippen LogP contribution in [-0.4, -0.2) is 72.5 Å². The standard InChI is InChI=1S/C30H40N6O5S/c1-21(17-34-28(39)20-42)33-18-27(38)35-19-26(37)31-14-7-2-3-8-15-32-30(41)23-13-16-36-24(23)11-12-25(36)29(40)22-9-5-4-6-10-22/h4-6,9-12,23,33,42H,1-3,7-8,13-20H2,(H,31,37)(H,32,41)(H,34,39)(H,35,38). The highest BCUT2D eigenvalue weighted by Gasteiger charge is 2.31. The van der Waals surface area contributed by atoms with Crippen molar-refractivity contribution in [3.8, 4) is 0 Å². The normalized spacial score (nSPS) is 13.5. The maximum Gasteiger partial charge on any atom is 0.239 e. The van der Waals surface area contributed by atoms with E-state index in [0.29, 0.717) is 43.0 Å². The molecule has 1 aromatic carbocycles. The minimum absolute atomic E-state index is 0.0142. The first-order chi connectivity index (χ1) is 20.3. The lowest BCUT2D eigenvalue weighted by atomic mass is 10.0. The summed E-state index contributed by atoms with van der Waals surface area (Å²) in [5, 5.41) is 13.7. The van der Waals surface area contributed by atoms with E-state index in [0.717, 1.165) is 31.4 Å². The number of ketones is 1. The summed E-state index contributed by atoms with van der Waals surface area (Å²) in [6.45, 7) is 5.45. The molecule has 42 heavy (non-hydrogen) atoms. The number of hydrogen-bond acceptors (Lipinski definition) is 7. The minimum atomic E-state index is -0.360. The van der Waals surface area contributed by atoms with Gasteiger partial charge < -0.3 is 31.2 Å². The highest BCUT2D eigenvalue weighted by Crippen LogP contribution is 2.31. The summed E-state index contributed by atoms with van der Waals surface area (Å²) < 4.78 is 1.96. The third kappa shape index (κ3) is 10.1. The Morgan fingerprint density at radius 1 is 0.762 bits per heavy atom. The molecule has 1 aliphatic heterocycles. The van der Waals surface area contributed by atoms with Gasteiger partial charge in [0.05, 0.1) is 37.0 Å². The molecule has 5 N–H and O–H groups in total. The second-order valence-electron chi connectivity index (χ2n) is 10.1. The molecule has 0 bridgehead atoms. The van der Waals surface area contributed by atoms with Crippen molar-refractivity contribution in [3.63, 3.8) is 0 Å². The Hall–Kier alpha value is -4.06. The molecule has 0 radical (unpaired) electrons. The fourth-order valence-corrected chi connectivity index (χ4v) is 4.76. The van der Waals surface area contributed by atoms with Crippen LogP contribution >= 0.6 is 12.6 Å². The number of fused-ring (bicyclic) bond motifs is 1. The smallest absolute Gasteiger partial charge is 0.239 e. The van der Waals surface area contributed by atoms with Gasteiger partial charge in [-0.25, -0.2) is 0 Å².